The third-order valence-electron chi connectivity index (χ3n) is 4.01. The van der Waals surface area contributed by atoms with E-state index < -0.39 is 0 Å². The van der Waals surface area contributed by atoms with E-state index in [4.69, 9.17) is 0 Å². The molecule has 1 unspecified atom stereocenters. The van der Waals surface area contributed by atoms with Crippen molar-refractivity contribution in [2.75, 3.05) is 6.54 Å². The minimum absolute atomic E-state index is 0.764. The van der Waals surface area contributed by atoms with Crippen molar-refractivity contribution in [3.8, 4) is 0 Å². The van der Waals surface area contributed by atoms with Crippen LogP contribution in [0.3, 0.4) is 0 Å². The van der Waals surface area contributed by atoms with Gasteiger partial charge in [-0.05, 0) is 49.5 Å². The van der Waals surface area contributed by atoms with Gasteiger partial charge in [-0.25, -0.2) is 0 Å². The van der Waals surface area contributed by atoms with Gasteiger partial charge in [-0.3, -0.25) is 0 Å². The Morgan fingerprint density at radius 3 is 2.07 bits per heavy atom. The SMILES string of the molecule is CCCNC(C(C)C)C1CC(C(C)C)C1. The van der Waals surface area contributed by atoms with Crippen LogP contribution in [0.4, 0.5) is 0 Å². The van der Waals surface area contributed by atoms with E-state index in [1.165, 1.54) is 25.8 Å². The lowest BCUT2D eigenvalue weighted by molar-refractivity contribution is 0.0865. The predicted molar refractivity (Wildman–Crippen MR) is 68.0 cm³/mol. The molecule has 1 fully saturated rings. The van der Waals surface area contributed by atoms with Crippen LogP contribution in [0.25, 0.3) is 0 Å². The molecule has 0 saturated heterocycles. The third kappa shape index (κ3) is 3.48. The monoisotopic (exact) mass is 211 g/mol. The van der Waals surface area contributed by atoms with E-state index in [1.54, 1.807) is 0 Å². The molecular formula is C14H29N. The minimum atomic E-state index is 0.764. The van der Waals surface area contributed by atoms with Crippen molar-refractivity contribution in [1.82, 2.24) is 5.32 Å². The average Bonchev–Trinajstić information content (AvgIpc) is 2.06. The van der Waals surface area contributed by atoms with E-state index in [2.05, 4.69) is 39.9 Å². The molecule has 0 aromatic rings. The average molecular weight is 211 g/mol. The predicted octanol–water partition coefficient (Wildman–Crippen LogP) is 3.69. The Kier molecular flexibility index (Phi) is 5.11. The first-order valence-electron chi connectivity index (χ1n) is 6.79. The van der Waals surface area contributed by atoms with Crippen LogP contribution in [0, 0.1) is 23.7 Å². The molecule has 0 radical (unpaired) electrons. The van der Waals surface area contributed by atoms with Crippen LogP contribution in [-0.2, 0) is 0 Å². The molecule has 0 spiro atoms. The summed E-state index contributed by atoms with van der Waals surface area (Å²) in [5.74, 6) is 3.62. The standard InChI is InChI=1S/C14H29N/c1-6-7-15-14(11(4)5)13-8-12(9-13)10(2)3/h10-15H,6-9H2,1-5H3. The van der Waals surface area contributed by atoms with Gasteiger partial charge in [-0.1, -0.05) is 34.6 Å². The third-order valence-corrected chi connectivity index (χ3v) is 4.01. The highest BCUT2D eigenvalue weighted by molar-refractivity contribution is 4.90. The summed E-state index contributed by atoms with van der Waals surface area (Å²) in [4.78, 5) is 0. The van der Waals surface area contributed by atoms with Crippen molar-refractivity contribution in [3.05, 3.63) is 0 Å². The van der Waals surface area contributed by atoms with Gasteiger partial charge < -0.3 is 5.32 Å². The minimum Gasteiger partial charge on any atom is -0.313 e. The molecule has 1 heteroatoms. The summed E-state index contributed by atoms with van der Waals surface area (Å²) in [6, 6.07) is 0.764. The second-order valence-corrected chi connectivity index (χ2v) is 5.96. The first-order valence-corrected chi connectivity index (χ1v) is 6.79. The van der Waals surface area contributed by atoms with Crippen molar-refractivity contribution in [1.29, 1.82) is 0 Å². The Morgan fingerprint density at radius 2 is 1.67 bits per heavy atom. The van der Waals surface area contributed by atoms with E-state index in [0.717, 1.165) is 29.7 Å². The van der Waals surface area contributed by atoms with Crippen LogP contribution in [0.2, 0.25) is 0 Å². The summed E-state index contributed by atoms with van der Waals surface area (Å²) in [5.41, 5.74) is 0. The molecule has 1 saturated carbocycles. The molecule has 90 valence electrons. The van der Waals surface area contributed by atoms with Crippen LogP contribution < -0.4 is 5.32 Å². The molecule has 1 N–H and O–H groups in total. The summed E-state index contributed by atoms with van der Waals surface area (Å²) in [6.45, 7) is 12.9. The molecule has 0 aromatic carbocycles. The van der Waals surface area contributed by atoms with Crippen LogP contribution in [0.15, 0.2) is 0 Å². The van der Waals surface area contributed by atoms with Crippen molar-refractivity contribution in [2.45, 2.75) is 59.9 Å². The summed E-state index contributed by atoms with van der Waals surface area (Å²) >= 11 is 0. The largest absolute Gasteiger partial charge is 0.313 e. The molecule has 0 aliphatic heterocycles. The van der Waals surface area contributed by atoms with Crippen molar-refractivity contribution < 1.29 is 0 Å². The smallest absolute Gasteiger partial charge is 0.0118 e. The number of rotatable bonds is 6. The lowest BCUT2D eigenvalue weighted by Gasteiger charge is -2.44. The summed E-state index contributed by atoms with van der Waals surface area (Å²) < 4.78 is 0. The summed E-state index contributed by atoms with van der Waals surface area (Å²) in [7, 11) is 0. The summed E-state index contributed by atoms with van der Waals surface area (Å²) in [5, 5.41) is 3.73. The fourth-order valence-corrected chi connectivity index (χ4v) is 2.80. The first kappa shape index (κ1) is 13.0. The Hall–Kier alpha value is -0.0400. The number of hydrogen-bond donors (Lipinski definition) is 1. The van der Waals surface area contributed by atoms with Crippen molar-refractivity contribution in [2.24, 2.45) is 23.7 Å². The Labute approximate surface area is 96.0 Å². The molecular weight excluding hydrogens is 182 g/mol. The van der Waals surface area contributed by atoms with Gasteiger partial charge in [0.05, 0.1) is 0 Å². The highest BCUT2D eigenvalue weighted by Crippen LogP contribution is 2.42. The molecule has 1 atom stereocenters. The van der Waals surface area contributed by atoms with Crippen LogP contribution >= 0.6 is 0 Å². The zero-order chi connectivity index (χ0) is 11.4. The maximum atomic E-state index is 3.73. The van der Waals surface area contributed by atoms with Gasteiger partial charge in [0.25, 0.3) is 0 Å². The van der Waals surface area contributed by atoms with Crippen LogP contribution in [0.5, 0.6) is 0 Å². The van der Waals surface area contributed by atoms with Crippen molar-refractivity contribution >= 4 is 0 Å². The van der Waals surface area contributed by atoms with Gasteiger partial charge in [0.2, 0.25) is 0 Å². The molecule has 1 aliphatic rings. The summed E-state index contributed by atoms with van der Waals surface area (Å²) in [6.07, 6.45) is 4.16. The second kappa shape index (κ2) is 5.89. The van der Waals surface area contributed by atoms with Crippen molar-refractivity contribution in [3.63, 3.8) is 0 Å². The molecule has 0 heterocycles. The van der Waals surface area contributed by atoms with E-state index in [0.29, 0.717) is 0 Å². The zero-order valence-corrected chi connectivity index (χ0v) is 11.2. The molecule has 1 aliphatic carbocycles. The molecule has 15 heavy (non-hydrogen) atoms. The normalized spacial score (nSPS) is 28.2. The van der Waals surface area contributed by atoms with E-state index in [1.807, 2.05) is 0 Å². The Morgan fingerprint density at radius 1 is 1.07 bits per heavy atom. The fourth-order valence-electron chi connectivity index (χ4n) is 2.80. The van der Waals surface area contributed by atoms with Gasteiger partial charge in [0.1, 0.15) is 0 Å². The molecule has 0 amide bonds. The number of hydrogen-bond acceptors (Lipinski definition) is 1. The van der Waals surface area contributed by atoms with Gasteiger partial charge in [0, 0.05) is 6.04 Å². The maximum absolute atomic E-state index is 3.73. The fraction of sp³-hybridized carbons (Fsp3) is 1.00. The van der Waals surface area contributed by atoms with E-state index >= 15 is 0 Å². The van der Waals surface area contributed by atoms with Gasteiger partial charge in [0.15, 0.2) is 0 Å². The second-order valence-electron chi connectivity index (χ2n) is 5.96. The highest BCUT2D eigenvalue weighted by atomic mass is 14.9. The van der Waals surface area contributed by atoms with Crippen LogP contribution in [0.1, 0.15) is 53.9 Å². The number of nitrogens with one attached hydrogen (secondary N) is 1. The van der Waals surface area contributed by atoms with E-state index in [-0.39, 0.29) is 0 Å². The molecule has 1 rings (SSSR count). The Balaban J connectivity index is 2.33. The topological polar surface area (TPSA) is 12.0 Å². The molecule has 0 aromatic heterocycles. The molecule has 1 nitrogen and oxygen atoms in total. The molecule has 0 bridgehead atoms. The maximum Gasteiger partial charge on any atom is 0.0118 e. The van der Waals surface area contributed by atoms with Gasteiger partial charge in [-0.2, -0.15) is 0 Å². The van der Waals surface area contributed by atoms with E-state index in [9.17, 15) is 0 Å². The Bertz CT molecular complexity index is 168. The van der Waals surface area contributed by atoms with Gasteiger partial charge in [-0.15, -0.1) is 0 Å². The van der Waals surface area contributed by atoms with Crippen LogP contribution in [-0.4, -0.2) is 12.6 Å². The first-order chi connectivity index (χ1) is 7.06. The van der Waals surface area contributed by atoms with Gasteiger partial charge >= 0.3 is 0 Å². The quantitative estimate of drug-likeness (QED) is 0.706. The highest BCUT2D eigenvalue weighted by Gasteiger charge is 2.37. The lowest BCUT2D eigenvalue weighted by atomic mass is 9.65. The lowest BCUT2D eigenvalue weighted by Crippen LogP contribution is -2.47. The zero-order valence-electron chi connectivity index (χ0n) is 11.2.